The van der Waals surface area contributed by atoms with Gasteiger partial charge < -0.3 is 0 Å². The Kier molecular flexibility index (Phi) is 5.65. The first-order valence-electron chi connectivity index (χ1n) is 10.1. The molecule has 8 nitrogen and oxygen atoms in total. The molecule has 0 aliphatic carbocycles. The van der Waals surface area contributed by atoms with Crippen molar-refractivity contribution in [3.05, 3.63) is 54.1 Å². The number of pyridine rings is 1. The summed E-state index contributed by atoms with van der Waals surface area (Å²) < 4.78 is 1.88. The van der Waals surface area contributed by atoms with E-state index in [1.165, 1.54) is 0 Å². The van der Waals surface area contributed by atoms with E-state index in [-0.39, 0.29) is 31.0 Å². The lowest BCUT2D eigenvalue weighted by Crippen LogP contribution is -2.41. The predicted octanol–water partition coefficient (Wildman–Crippen LogP) is 2.62. The minimum absolute atomic E-state index is 0.0264. The molecule has 0 saturated heterocycles. The van der Waals surface area contributed by atoms with E-state index in [0.29, 0.717) is 23.9 Å². The Morgan fingerprint density at radius 2 is 2.00 bits per heavy atom. The van der Waals surface area contributed by atoms with Crippen LogP contribution < -0.4 is 4.90 Å². The Balaban J connectivity index is 1.33. The zero-order chi connectivity index (χ0) is 21.1. The third kappa shape index (κ3) is 4.42. The van der Waals surface area contributed by atoms with E-state index in [9.17, 15) is 9.59 Å². The number of amides is 1. The first-order chi connectivity index (χ1) is 14.5. The van der Waals surface area contributed by atoms with Gasteiger partial charge in [-0.05, 0) is 37.1 Å². The molecule has 0 radical (unpaired) electrons. The maximum atomic E-state index is 12.8. The number of carbonyl (C=O) groups excluding carboxylic acids is 2. The number of anilines is 1. The zero-order valence-corrected chi connectivity index (χ0v) is 17.2. The van der Waals surface area contributed by atoms with E-state index in [1.54, 1.807) is 23.4 Å². The number of ketones is 1. The second kappa shape index (κ2) is 8.52. The van der Waals surface area contributed by atoms with Gasteiger partial charge in [-0.3, -0.25) is 19.5 Å². The molecule has 1 atom stereocenters. The van der Waals surface area contributed by atoms with Crippen LogP contribution in [-0.2, 0) is 22.6 Å². The van der Waals surface area contributed by atoms with Crippen LogP contribution in [0.25, 0.3) is 11.3 Å². The Morgan fingerprint density at radius 3 is 2.73 bits per heavy atom. The van der Waals surface area contributed by atoms with Crippen LogP contribution >= 0.6 is 0 Å². The van der Waals surface area contributed by atoms with Crippen LogP contribution in [0.5, 0.6) is 0 Å². The van der Waals surface area contributed by atoms with Crippen LogP contribution in [0.4, 0.5) is 5.82 Å². The number of fused-ring (bicyclic) bond motifs is 1. The standard InChI is InChI=1S/C22H24N6O2/c1-15-13-27(21-10-16(2)26-28(21)14-15)22(30)8-6-19(29)11-18-5-7-20(25-24-18)17-4-3-9-23-12-17/h3-5,7,9-10,12,15H,6,8,11,13-14H2,1-2H3. The zero-order valence-electron chi connectivity index (χ0n) is 17.2. The number of carbonyl (C=O) groups is 2. The van der Waals surface area contributed by atoms with Crippen molar-refractivity contribution < 1.29 is 9.59 Å². The lowest BCUT2D eigenvalue weighted by atomic mass is 10.1. The highest BCUT2D eigenvalue weighted by Gasteiger charge is 2.27. The molecule has 0 fully saturated rings. The summed E-state index contributed by atoms with van der Waals surface area (Å²) >= 11 is 0. The van der Waals surface area contributed by atoms with Gasteiger partial charge >= 0.3 is 0 Å². The molecule has 1 aliphatic rings. The van der Waals surface area contributed by atoms with Gasteiger partial charge in [-0.2, -0.15) is 15.3 Å². The molecule has 0 N–H and O–H groups in total. The summed E-state index contributed by atoms with van der Waals surface area (Å²) in [5.41, 5.74) is 3.07. The Morgan fingerprint density at radius 1 is 1.13 bits per heavy atom. The van der Waals surface area contributed by atoms with Crippen molar-refractivity contribution in [3.63, 3.8) is 0 Å². The summed E-state index contributed by atoms with van der Waals surface area (Å²) in [6, 6.07) is 9.29. The normalized spacial score (nSPS) is 15.7. The lowest BCUT2D eigenvalue weighted by Gasteiger charge is -2.31. The van der Waals surface area contributed by atoms with Gasteiger partial charge in [-0.25, -0.2) is 4.68 Å². The number of rotatable bonds is 6. The predicted molar refractivity (Wildman–Crippen MR) is 112 cm³/mol. The monoisotopic (exact) mass is 404 g/mol. The molecule has 1 unspecified atom stereocenters. The van der Waals surface area contributed by atoms with Crippen molar-refractivity contribution in [3.8, 4) is 11.3 Å². The van der Waals surface area contributed by atoms with Crippen molar-refractivity contribution in [2.75, 3.05) is 11.4 Å². The van der Waals surface area contributed by atoms with Crippen LogP contribution in [0.2, 0.25) is 0 Å². The molecule has 0 saturated carbocycles. The molecule has 0 aromatic carbocycles. The van der Waals surface area contributed by atoms with Crippen LogP contribution in [0.3, 0.4) is 0 Å². The van der Waals surface area contributed by atoms with E-state index in [4.69, 9.17) is 0 Å². The van der Waals surface area contributed by atoms with Crippen molar-refractivity contribution >= 4 is 17.5 Å². The lowest BCUT2D eigenvalue weighted by molar-refractivity contribution is -0.123. The maximum absolute atomic E-state index is 12.8. The SMILES string of the molecule is Cc1cc2n(n1)CC(C)CN2C(=O)CCC(=O)Cc1ccc(-c2cccnc2)nn1. The summed E-state index contributed by atoms with van der Waals surface area (Å²) in [4.78, 5) is 31.0. The third-order valence-electron chi connectivity index (χ3n) is 5.11. The molecule has 30 heavy (non-hydrogen) atoms. The van der Waals surface area contributed by atoms with Crippen molar-refractivity contribution in [2.24, 2.45) is 5.92 Å². The van der Waals surface area contributed by atoms with Crippen LogP contribution in [-0.4, -0.2) is 43.2 Å². The minimum atomic E-state index is -0.0472. The van der Waals surface area contributed by atoms with Crippen LogP contribution in [0.1, 0.15) is 31.2 Å². The van der Waals surface area contributed by atoms with Gasteiger partial charge in [0.2, 0.25) is 5.91 Å². The minimum Gasteiger partial charge on any atom is -0.299 e. The van der Waals surface area contributed by atoms with Gasteiger partial charge in [0.05, 0.1) is 23.5 Å². The summed E-state index contributed by atoms with van der Waals surface area (Å²) in [6.45, 7) is 5.47. The smallest absolute Gasteiger partial charge is 0.228 e. The average Bonchev–Trinajstić information content (AvgIpc) is 3.12. The van der Waals surface area contributed by atoms with E-state index >= 15 is 0 Å². The largest absolute Gasteiger partial charge is 0.299 e. The molecular formula is C22H24N6O2. The molecular weight excluding hydrogens is 380 g/mol. The number of hydrogen-bond donors (Lipinski definition) is 0. The Hall–Kier alpha value is -3.42. The molecule has 3 aromatic heterocycles. The van der Waals surface area contributed by atoms with Gasteiger partial charge in [0.1, 0.15) is 11.6 Å². The fraction of sp³-hybridized carbons (Fsp3) is 0.364. The highest BCUT2D eigenvalue weighted by molar-refractivity contribution is 5.95. The maximum Gasteiger partial charge on any atom is 0.228 e. The van der Waals surface area contributed by atoms with Crippen molar-refractivity contribution in [1.82, 2.24) is 25.0 Å². The molecule has 0 bridgehead atoms. The first-order valence-corrected chi connectivity index (χ1v) is 10.1. The quantitative estimate of drug-likeness (QED) is 0.627. The molecule has 4 heterocycles. The molecule has 4 rings (SSSR count). The second-order valence-electron chi connectivity index (χ2n) is 7.80. The van der Waals surface area contributed by atoms with Gasteiger partial charge in [-0.1, -0.05) is 6.92 Å². The van der Waals surface area contributed by atoms with Crippen LogP contribution in [0.15, 0.2) is 42.7 Å². The van der Waals surface area contributed by atoms with Crippen molar-refractivity contribution in [2.45, 2.75) is 39.7 Å². The molecule has 3 aromatic rings. The van der Waals surface area contributed by atoms with Gasteiger partial charge in [0.15, 0.2) is 0 Å². The summed E-state index contributed by atoms with van der Waals surface area (Å²) in [6.07, 6.45) is 3.95. The fourth-order valence-corrected chi connectivity index (χ4v) is 3.67. The van der Waals surface area contributed by atoms with Gasteiger partial charge in [0, 0.05) is 50.0 Å². The number of aromatic nitrogens is 5. The van der Waals surface area contributed by atoms with Gasteiger partial charge in [0.25, 0.3) is 0 Å². The highest BCUT2D eigenvalue weighted by Crippen LogP contribution is 2.25. The number of aryl methyl sites for hydroxylation is 1. The molecule has 154 valence electrons. The summed E-state index contributed by atoms with van der Waals surface area (Å²) in [7, 11) is 0. The van der Waals surface area contributed by atoms with E-state index in [0.717, 1.165) is 23.6 Å². The van der Waals surface area contributed by atoms with E-state index in [2.05, 4.69) is 27.2 Å². The molecule has 1 amide bonds. The molecule has 0 spiro atoms. The topological polar surface area (TPSA) is 93.9 Å². The first kappa shape index (κ1) is 19.9. The number of hydrogen-bond acceptors (Lipinski definition) is 6. The summed E-state index contributed by atoms with van der Waals surface area (Å²) in [5, 5.41) is 12.8. The fourth-order valence-electron chi connectivity index (χ4n) is 3.67. The number of nitrogens with zero attached hydrogens (tertiary/aromatic N) is 6. The Labute approximate surface area is 175 Å². The van der Waals surface area contributed by atoms with Gasteiger partial charge in [-0.15, -0.1) is 0 Å². The molecule has 1 aliphatic heterocycles. The highest BCUT2D eigenvalue weighted by atomic mass is 16.2. The van der Waals surface area contributed by atoms with E-state index < -0.39 is 0 Å². The third-order valence-corrected chi connectivity index (χ3v) is 5.11. The summed E-state index contributed by atoms with van der Waals surface area (Å²) in [5.74, 6) is 1.07. The average molecular weight is 404 g/mol. The van der Waals surface area contributed by atoms with Crippen molar-refractivity contribution in [1.29, 1.82) is 0 Å². The van der Waals surface area contributed by atoms with E-state index in [1.807, 2.05) is 35.9 Å². The Bertz CT molecular complexity index is 1050. The second-order valence-corrected chi connectivity index (χ2v) is 7.80. The number of Topliss-reactive ketones (excluding diaryl/α,β-unsaturated/α-hetero) is 1. The van der Waals surface area contributed by atoms with Crippen LogP contribution in [0, 0.1) is 12.8 Å². The molecule has 8 heteroatoms.